The summed E-state index contributed by atoms with van der Waals surface area (Å²) >= 11 is 0. The highest BCUT2D eigenvalue weighted by atomic mass is 16.5. The van der Waals surface area contributed by atoms with Gasteiger partial charge in [0.1, 0.15) is 0 Å². The van der Waals surface area contributed by atoms with Crippen LogP contribution in [0.1, 0.15) is 41.1 Å². The first-order valence-corrected chi connectivity index (χ1v) is 9.14. The van der Waals surface area contributed by atoms with E-state index in [1.54, 1.807) is 13.3 Å². The number of aromatic nitrogens is 1. The number of nitrogens with zero attached hydrogens (tertiary/aromatic N) is 2. The van der Waals surface area contributed by atoms with E-state index in [9.17, 15) is 4.79 Å². The monoisotopic (exact) mass is 353 g/mol. The standard InChI is InChI=1S/C21H27N3O2/c1-15-6-7-17(13-16(15)2)20(18-5-4-10-22-14-18)23-21(25)24-11-8-19(26-3)9-12-24/h4-7,10,13-14,19-20H,8-9,11-12H2,1-3H3,(H,23,25)/t20-/m1/s1. The Kier molecular flexibility index (Phi) is 5.89. The Morgan fingerprint density at radius 2 is 1.96 bits per heavy atom. The highest BCUT2D eigenvalue weighted by Gasteiger charge is 2.25. The van der Waals surface area contributed by atoms with Gasteiger partial charge < -0.3 is 15.0 Å². The van der Waals surface area contributed by atoms with Crippen molar-refractivity contribution in [1.82, 2.24) is 15.2 Å². The lowest BCUT2D eigenvalue weighted by Crippen LogP contribution is -2.47. The van der Waals surface area contributed by atoms with Crippen molar-refractivity contribution in [3.05, 3.63) is 65.0 Å². The predicted molar refractivity (Wildman–Crippen MR) is 102 cm³/mol. The average molecular weight is 353 g/mol. The number of hydrogen-bond acceptors (Lipinski definition) is 3. The average Bonchev–Trinajstić information content (AvgIpc) is 2.69. The molecule has 5 heteroatoms. The molecule has 0 saturated carbocycles. The zero-order chi connectivity index (χ0) is 18.5. The molecule has 1 aromatic heterocycles. The molecule has 5 nitrogen and oxygen atoms in total. The number of rotatable bonds is 4. The Hall–Kier alpha value is -2.40. The Labute approximate surface area is 155 Å². The van der Waals surface area contributed by atoms with Crippen LogP contribution in [0.15, 0.2) is 42.7 Å². The summed E-state index contributed by atoms with van der Waals surface area (Å²) in [5, 5.41) is 3.21. The molecule has 2 amide bonds. The lowest BCUT2D eigenvalue weighted by atomic mass is 9.96. The fourth-order valence-corrected chi connectivity index (χ4v) is 3.36. The molecule has 2 heterocycles. The molecule has 3 rings (SSSR count). The minimum atomic E-state index is -0.212. The molecule has 0 spiro atoms. The van der Waals surface area contributed by atoms with Crippen molar-refractivity contribution in [3.8, 4) is 0 Å². The van der Waals surface area contributed by atoms with Crippen molar-refractivity contribution in [2.24, 2.45) is 0 Å². The molecule has 1 saturated heterocycles. The van der Waals surface area contributed by atoms with Crippen LogP contribution >= 0.6 is 0 Å². The van der Waals surface area contributed by atoms with E-state index in [4.69, 9.17) is 4.74 Å². The van der Waals surface area contributed by atoms with Crippen molar-refractivity contribution in [2.75, 3.05) is 20.2 Å². The third-order valence-corrected chi connectivity index (χ3v) is 5.21. The van der Waals surface area contributed by atoms with Gasteiger partial charge in [0, 0.05) is 32.6 Å². The number of amides is 2. The number of carbonyl (C=O) groups is 1. The first kappa shape index (κ1) is 18.4. The molecular weight excluding hydrogens is 326 g/mol. The van der Waals surface area contributed by atoms with Gasteiger partial charge in [0.25, 0.3) is 0 Å². The Morgan fingerprint density at radius 1 is 1.19 bits per heavy atom. The number of methoxy groups -OCH3 is 1. The molecule has 0 radical (unpaired) electrons. The number of likely N-dealkylation sites (tertiary alicyclic amines) is 1. The van der Waals surface area contributed by atoms with Gasteiger partial charge in [-0.1, -0.05) is 24.3 Å². The number of carbonyl (C=O) groups excluding carboxylic acids is 1. The summed E-state index contributed by atoms with van der Waals surface area (Å²) in [5.41, 5.74) is 4.51. The van der Waals surface area contributed by atoms with E-state index in [-0.39, 0.29) is 18.2 Å². The molecule has 1 N–H and O–H groups in total. The quantitative estimate of drug-likeness (QED) is 0.913. The Bertz CT molecular complexity index is 740. The van der Waals surface area contributed by atoms with E-state index in [0.29, 0.717) is 0 Å². The molecule has 1 fully saturated rings. The largest absolute Gasteiger partial charge is 0.381 e. The minimum absolute atomic E-state index is 0.0355. The number of benzene rings is 1. The maximum Gasteiger partial charge on any atom is 0.318 e. The van der Waals surface area contributed by atoms with E-state index in [0.717, 1.165) is 37.1 Å². The van der Waals surface area contributed by atoms with Gasteiger partial charge in [-0.05, 0) is 55.0 Å². The van der Waals surface area contributed by atoms with Crippen molar-refractivity contribution in [1.29, 1.82) is 0 Å². The van der Waals surface area contributed by atoms with Crippen LogP contribution in [0.25, 0.3) is 0 Å². The lowest BCUT2D eigenvalue weighted by Gasteiger charge is -2.33. The van der Waals surface area contributed by atoms with Crippen LogP contribution in [0, 0.1) is 13.8 Å². The van der Waals surface area contributed by atoms with Crippen LogP contribution < -0.4 is 5.32 Å². The molecule has 2 aromatic rings. The third-order valence-electron chi connectivity index (χ3n) is 5.21. The number of urea groups is 1. The summed E-state index contributed by atoms with van der Waals surface area (Å²) in [7, 11) is 1.73. The smallest absolute Gasteiger partial charge is 0.318 e. The number of piperidine rings is 1. The summed E-state index contributed by atoms with van der Waals surface area (Å²) in [4.78, 5) is 19.0. The molecule has 1 atom stereocenters. The van der Waals surface area contributed by atoms with E-state index in [1.165, 1.54) is 11.1 Å². The molecule has 26 heavy (non-hydrogen) atoms. The summed E-state index contributed by atoms with van der Waals surface area (Å²) in [6.45, 7) is 5.63. The normalized spacial score (nSPS) is 16.3. The van der Waals surface area contributed by atoms with Crippen molar-refractivity contribution < 1.29 is 9.53 Å². The zero-order valence-corrected chi connectivity index (χ0v) is 15.7. The molecule has 0 bridgehead atoms. The molecule has 1 aliphatic rings. The molecule has 138 valence electrons. The van der Waals surface area contributed by atoms with Gasteiger partial charge in [0.15, 0.2) is 0 Å². The van der Waals surface area contributed by atoms with Crippen LogP contribution in [0.5, 0.6) is 0 Å². The predicted octanol–water partition coefficient (Wildman–Crippen LogP) is 3.61. The first-order valence-electron chi connectivity index (χ1n) is 9.14. The van der Waals surface area contributed by atoms with Crippen molar-refractivity contribution >= 4 is 6.03 Å². The highest BCUT2D eigenvalue weighted by molar-refractivity contribution is 5.75. The molecule has 1 aliphatic heterocycles. The van der Waals surface area contributed by atoms with Crippen molar-refractivity contribution in [2.45, 2.75) is 38.8 Å². The Morgan fingerprint density at radius 3 is 2.58 bits per heavy atom. The van der Waals surface area contributed by atoms with Crippen molar-refractivity contribution in [3.63, 3.8) is 0 Å². The maximum absolute atomic E-state index is 12.9. The number of pyridine rings is 1. The Balaban J connectivity index is 1.80. The number of hydrogen-bond donors (Lipinski definition) is 1. The van der Waals surface area contributed by atoms with Gasteiger partial charge >= 0.3 is 6.03 Å². The molecule has 1 aromatic carbocycles. The second-order valence-electron chi connectivity index (χ2n) is 6.93. The third kappa shape index (κ3) is 4.22. The van der Waals surface area contributed by atoms with Gasteiger partial charge in [0.2, 0.25) is 0 Å². The minimum Gasteiger partial charge on any atom is -0.381 e. The van der Waals surface area contributed by atoms with E-state index in [1.807, 2.05) is 23.2 Å². The number of nitrogens with one attached hydrogen (secondary N) is 1. The molecular formula is C21H27N3O2. The summed E-state index contributed by atoms with van der Waals surface area (Å²) in [5.74, 6) is 0. The van der Waals surface area contributed by atoms with E-state index in [2.05, 4.69) is 42.3 Å². The summed E-state index contributed by atoms with van der Waals surface area (Å²) < 4.78 is 5.40. The van der Waals surface area contributed by atoms with Gasteiger partial charge in [-0.25, -0.2) is 4.79 Å². The van der Waals surface area contributed by atoms with Gasteiger partial charge in [-0.15, -0.1) is 0 Å². The fourth-order valence-electron chi connectivity index (χ4n) is 3.36. The lowest BCUT2D eigenvalue weighted by molar-refractivity contribution is 0.0501. The summed E-state index contributed by atoms with van der Waals surface area (Å²) in [6, 6.07) is 9.98. The fraction of sp³-hybridized carbons (Fsp3) is 0.429. The summed E-state index contributed by atoms with van der Waals surface area (Å²) in [6.07, 6.45) is 5.58. The second kappa shape index (κ2) is 8.32. The van der Waals surface area contributed by atoms with Gasteiger partial charge in [0.05, 0.1) is 12.1 Å². The first-order chi connectivity index (χ1) is 12.6. The maximum atomic E-state index is 12.9. The number of aryl methyl sites for hydroxylation is 2. The highest BCUT2D eigenvalue weighted by Crippen LogP contribution is 2.24. The topological polar surface area (TPSA) is 54.5 Å². The van der Waals surface area contributed by atoms with E-state index >= 15 is 0 Å². The van der Waals surface area contributed by atoms with Crippen LogP contribution in [0.3, 0.4) is 0 Å². The van der Waals surface area contributed by atoms with Crippen LogP contribution in [0.2, 0.25) is 0 Å². The van der Waals surface area contributed by atoms with Crippen LogP contribution in [-0.2, 0) is 4.74 Å². The van der Waals surface area contributed by atoms with E-state index < -0.39 is 0 Å². The second-order valence-corrected chi connectivity index (χ2v) is 6.93. The SMILES string of the molecule is COC1CCN(C(=O)N[C@@H](c2cccnc2)c2ccc(C)c(C)c2)CC1. The van der Waals surface area contributed by atoms with Gasteiger partial charge in [-0.2, -0.15) is 0 Å². The number of ether oxygens (including phenoxy) is 1. The zero-order valence-electron chi connectivity index (χ0n) is 15.7. The molecule has 0 unspecified atom stereocenters. The molecule has 0 aliphatic carbocycles. The van der Waals surface area contributed by atoms with Gasteiger partial charge in [-0.3, -0.25) is 4.98 Å². The van der Waals surface area contributed by atoms with Crippen LogP contribution in [0.4, 0.5) is 4.79 Å². The van der Waals surface area contributed by atoms with Crippen LogP contribution in [-0.4, -0.2) is 42.2 Å².